The van der Waals surface area contributed by atoms with E-state index in [4.69, 9.17) is 0 Å². The second kappa shape index (κ2) is 3.70. The third-order valence-corrected chi connectivity index (χ3v) is 2.39. The molecule has 1 aromatic carbocycles. The summed E-state index contributed by atoms with van der Waals surface area (Å²) in [6.45, 7) is 2.06. The van der Waals surface area contributed by atoms with Gasteiger partial charge >= 0.3 is 0 Å². The van der Waals surface area contributed by atoms with E-state index in [1.165, 1.54) is 5.56 Å². The average molecular weight is 190 g/mol. The van der Waals surface area contributed by atoms with Crippen molar-refractivity contribution in [1.29, 1.82) is 0 Å². The zero-order chi connectivity index (χ0) is 9.97. The van der Waals surface area contributed by atoms with Crippen LogP contribution in [0.4, 0.5) is 5.69 Å². The number of anilines is 1. The van der Waals surface area contributed by atoms with Crippen LogP contribution in [0, 0.1) is 6.92 Å². The zero-order valence-electron chi connectivity index (χ0n) is 8.21. The number of hydrogen-bond donors (Lipinski definition) is 2. The number of nitrogens with one attached hydrogen (secondary N) is 2. The first kappa shape index (κ1) is 9.06. The lowest BCUT2D eigenvalue weighted by molar-refractivity contribution is -0.119. The molecular formula is C11H14N2O. The Hall–Kier alpha value is -1.51. The van der Waals surface area contributed by atoms with Crippen LogP contribution in [0.25, 0.3) is 0 Å². The second-order valence-electron chi connectivity index (χ2n) is 3.67. The lowest BCUT2D eigenvalue weighted by Crippen LogP contribution is -2.32. The molecule has 2 N–H and O–H groups in total. The van der Waals surface area contributed by atoms with Crippen LogP contribution in [0.1, 0.15) is 18.4 Å². The fourth-order valence-corrected chi connectivity index (χ4v) is 1.57. The molecule has 1 unspecified atom stereocenters. The van der Waals surface area contributed by atoms with Gasteiger partial charge in [-0.25, -0.2) is 0 Å². The first-order valence-corrected chi connectivity index (χ1v) is 4.86. The van der Waals surface area contributed by atoms with Crippen molar-refractivity contribution in [2.45, 2.75) is 25.9 Å². The van der Waals surface area contributed by atoms with Crippen LogP contribution in [0.5, 0.6) is 0 Å². The molecule has 0 bridgehead atoms. The highest BCUT2D eigenvalue weighted by Crippen LogP contribution is 2.13. The highest BCUT2D eigenvalue weighted by Gasteiger charge is 2.19. The highest BCUT2D eigenvalue weighted by atomic mass is 16.2. The topological polar surface area (TPSA) is 41.1 Å². The van der Waals surface area contributed by atoms with Gasteiger partial charge in [0.15, 0.2) is 0 Å². The lowest BCUT2D eigenvalue weighted by Gasteiger charge is -2.13. The number of aryl methyl sites for hydroxylation is 1. The Labute approximate surface area is 83.5 Å². The van der Waals surface area contributed by atoms with Gasteiger partial charge in [-0.1, -0.05) is 17.7 Å². The summed E-state index contributed by atoms with van der Waals surface area (Å²) in [5, 5.41) is 6.13. The maximum atomic E-state index is 10.9. The van der Waals surface area contributed by atoms with E-state index in [1.54, 1.807) is 0 Å². The molecule has 1 atom stereocenters. The van der Waals surface area contributed by atoms with Crippen LogP contribution in [-0.4, -0.2) is 12.1 Å². The van der Waals surface area contributed by atoms with Gasteiger partial charge < -0.3 is 10.6 Å². The van der Waals surface area contributed by atoms with E-state index in [-0.39, 0.29) is 12.1 Å². The van der Waals surface area contributed by atoms with Crippen molar-refractivity contribution in [3.05, 3.63) is 29.8 Å². The van der Waals surface area contributed by atoms with Crippen LogP contribution in [-0.2, 0) is 4.79 Å². The Morgan fingerprint density at radius 3 is 2.64 bits per heavy atom. The second-order valence-corrected chi connectivity index (χ2v) is 3.67. The number of hydrogen-bond acceptors (Lipinski definition) is 2. The van der Waals surface area contributed by atoms with Crippen LogP contribution in [0.3, 0.4) is 0 Å². The van der Waals surface area contributed by atoms with Crippen molar-refractivity contribution in [2.75, 3.05) is 5.32 Å². The summed E-state index contributed by atoms with van der Waals surface area (Å²) >= 11 is 0. The number of rotatable bonds is 2. The summed E-state index contributed by atoms with van der Waals surface area (Å²) in [4.78, 5) is 10.9. The van der Waals surface area contributed by atoms with Crippen LogP contribution >= 0.6 is 0 Å². The van der Waals surface area contributed by atoms with Gasteiger partial charge in [-0.2, -0.15) is 0 Å². The Morgan fingerprint density at radius 1 is 1.36 bits per heavy atom. The Bertz CT molecular complexity index is 332. The van der Waals surface area contributed by atoms with E-state index >= 15 is 0 Å². The summed E-state index contributed by atoms with van der Waals surface area (Å²) < 4.78 is 0. The molecule has 1 amide bonds. The number of benzene rings is 1. The number of carbonyl (C=O) groups excluding carboxylic acids is 1. The molecule has 1 heterocycles. The van der Waals surface area contributed by atoms with Crippen molar-refractivity contribution in [3.63, 3.8) is 0 Å². The predicted octanol–water partition coefficient (Wildman–Crippen LogP) is 1.64. The first-order valence-electron chi connectivity index (χ1n) is 4.86. The van der Waals surface area contributed by atoms with Gasteiger partial charge in [0.1, 0.15) is 0 Å². The molecule has 1 saturated heterocycles. The van der Waals surface area contributed by atoms with Gasteiger partial charge in [0, 0.05) is 12.1 Å². The Morgan fingerprint density at radius 2 is 2.07 bits per heavy atom. The summed E-state index contributed by atoms with van der Waals surface area (Å²) in [5.41, 5.74) is 2.30. The van der Waals surface area contributed by atoms with Gasteiger partial charge in [0.2, 0.25) is 5.91 Å². The molecule has 74 valence electrons. The highest BCUT2D eigenvalue weighted by molar-refractivity contribution is 5.78. The van der Waals surface area contributed by atoms with Crippen LogP contribution in [0.15, 0.2) is 24.3 Å². The van der Waals surface area contributed by atoms with Crippen molar-refractivity contribution in [3.8, 4) is 0 Å². The molecule has 2 rings (SSSR count). The molecule has 1 aromatic rings. The quantitative estimate of drug-likeness (QED) is 0.744. The SMILES string of the molecule is Cc1ccc(NC2CCC(=O)N2)cc1. The molecule has 1 fully saturated rings. The largest absolute Gasteiger partial charge is 0.365 e. The van der Waals surface area contributed by atoms with E-state index in [0.29, 0.717) is 6.42 Å². The normalized spacial score (nSPS) is 20.6. The minimum Gasteiger partial charge on any atom is -0.365 e. The fourth-order valence-electron chi connectivity index (χ4n) is 1.57. The predicted molar refractivity (Wildman–Crippen MR) is 56.0 cm³/mol. The number of carbonyl (C=O) groups is 1. The molecule has 0 aliphatic carbocycles. The van der Waals surface area contributed by atoms with Gasteiger partial charge in [0.05, 0.1) is 6.17 Å². The standard InChI is InChI=1S/C11H14N2O/c1-8-2-4-9(5-3-8)12-10-6-7-11(14)13-10/h2-5,10,12H,6-7H2,1H3,(H,13,14). The van der Waals surface area contributed by atoms with E-state index in [1.807, 2.05) is 12.1 Å². The molecule has 0 saturated carbocycles. The molecule has 1 aliphatic rings. The summed E-state index contributed by atoms with van der Waals surface area (Å²) in [6.07, 6.45) is 1.60. The molecule has 14 heavy (non-hydrogen) atoms. The van der Waals surface area contributed by atoms with Crippen LogP contribution in [0.2, 0.25) is 0 Å². The van der Waals surface area contributed by atoms with Crippen molar-refractivity contribution < 1.29 is 4.79 Å². The average Bonchev–Trinajstić information content (AvgIpc) is 2.56. The van der Waals surface area contributed by atoms with E-state index in [2.05, 4.69) is 29.7 Å². The molecule has 1 aliphatic heterocycles. The lowest BCUT2D eigenvalue weighted by atomic mass is 10.2. The summed E-state index contributed by atoms with van der Waals surface area (Å²) in [7, 11) is 0. The van der Waals surface area contributed by atoms with Crippen molar-refractivity contribution in [1.82, 2.24) is 5.32 Å². The maximum Gasteiger partial charge on any atom is 0.221 e. The van der Waals surface area contributed by atoms with E-state index < -0.39 is 0 Å². The minimum absolute atomic E-state index is 0.102. The monoisotopic (exact) mass is 190 g/mol. The van der Waals surface area contributed by atoms with Crippen molar-refractivity contribution >= 4 is 11.6 Å². The summed E-state index contributed by atoms with van der Waals surface area (Å²) in [5.74, 6) is 0.134. The maximum absolute atomic E-state index is 10.9. The number of amides is 1. The molecule has 0 spiro atoms. The molecule has 3 heteroatoms. The van der Waals surface area contributed by atoms with Gasteiger partial charge in [-0.05, 0) is 25.5 Å². The molecule has 0 aromatic heterocycles. The fraction of sp³-hybridized carbons (Fsp3) is 0.364. The Kier molecular flexibility index (Phi) is 2.39. The third-order valence-electron chi connectivity index (χ3n) is 2.39. The molecule has 3 nitrogen and oxygen atoms in total. The smallest absolute Gasteiger partial charge is 0.221 e. The van der Waals surface area contributed by atoms with Crippen LogP contribution < -0.4 is 10.6 Å². The van der Waals surface area contributed by atoms with E-state index in [0.717, 1.165) is 12.1 Å². The van der Waals surface area contributed by atoms with E-state index in [9.17, 15) is 4.79 Å². The third kappa shape index (κ3) is 2.05. The zero-order valence-corrected chi connectivity index (χ0v) is 8.21. The molecular weight excluding hydrogens is 176 g/mol. The Balaban J connectivity index is 1.97. The van der Waals surface area contributed by atoms with Gasteiger partial charge in [-0.3, -0.25) is 4.79 Å². The summed E-state index contributed by atoms with van der Waals surface area (Å²) in [6, 6.07) is 8.16. The van der Waals surface area contributed by atoms with Crippen molar-refractivity contribution in [2.24, 2.45) is 0 Å². The van der Waals surface area contributed by atoms with Gasteiger partial charge in [-0.15, -0.1) is 0 Å². The van der Waals surface area contributed by atoms with Gasteiger partial charge in [0.25, 0.3) is 0 Å². The molecule has 0 radical (unpaired) electrons. The minimum atomic E-state index is 0.102. The first-order chi connectivity index (χ1) is 6.74.